The van der Waals surface area contributed by atoms with Gasteiger partial charge >= 0.3 is 0 Å². The van der Waals surface area contributed by atoms with Gasteiger partial charge in [0.1, 0.15) is 0 Å². The summed E-state index contributed by atoms with van der Waals surface area (Å²) in [6, 6.07) is 4.46. The summed E-state index contributed by atoms with van der Waals surface area (Å²) in [5.41, 5.74) is 6.50. The Kier molecular flexibility index (Phi) is 4.37. The molecule has 0 aromatic heterocycles. The summed E-state index contributed by atoms with van der Waals surface area (Å²) >= 11 is 0. The Morgan fingerprint density at radius 1 is 0.955 bits per heavy atom. The van der Waals surface area contributed by atoms with Gasteiger partial charge in [0.2, 0.25) is 0 Å². The van der Waals surface area contributed by atoms with Gasteiger partial charge in [-0.05, 0) is 49.5 Å². The molecule has 0 aliphatic heterocycles. The predicted molar refractivity (Wildman–Crippen MR) is 98.2 cm³/mol. The van der Waals surface area contributed by atoms with Crippen molar-refractivity contribution in [2.45, 2.75) is 48.5 Å². The first kappa shape index (κ1) is 16.6. The molecule has 0 heterocycles. The molecule has 1 heteroatoms. The number of nitrogens with one attached hydrogen (secondary N) is 1. The zero-order valence-electron chi connectivity index (χ0n) is 15.0. The maximum Gasteiger partial charge on any atom is 0.0443 e. The molecule has 1 unspecified atom stereocenters. The molecule has 2 rings (SSSR count). The molecule has 0 radical (unpaired) electrons. The fraction of sp³-hybridized carbons (Fsp3) is 0.429. The van der Waals surface area contributed by atoms with Crippen LogP contribution < -0.4 is 5.32 Å². The van der Waals surface area contributed by atoms with E-state index in [2.05, 4.69) is 96.3 Å². The lowest BCUT2D eigenvalue weighted by Gasteiger charge is -2.37. The summed E-state index contributed by atoms with van der Waals surface area (Å²) < 4.78 is 0. The maximum atomic E-state index is 3.60. The fourth-order valence-corrected chi connectivity index (χ4v) is 2.83. The molecule has 0 saturated carbocycles. The van der Waals surface area contributed by atoms with E-state index in [4.69, 9.17) is 0 Å². The molecule has 0 saturated heterocycles. The molecule has 1 aromatic rings. The van der Waals surface area contributed by atoms with Crippen LogP contribution in [-0.4, -0.2) is 0 Å². The Bertz CT molecular complexity index is 630. The van der Waals surface area contributed by atoms with Gasteiger partial charge in [0.05, 0.1) is 0 Å². The van der Waals surface area contributed by atoms with E-state index in [1.807, 2.05) is 0 Å². The molecular formula is C21H29N. The quantitative estimate of drug-likeness (QED) is 0.696. The lowest BCUT2D eigenvalue weighted by molar-refractivity contribution is 0.228. The number of rotatable bonds is 2. The van der Waals surface area contributed by atoms with Crippen molar-refractivity contribution in [3.63, 3.8) is 0 Å². The summed E-state index contributed by atoms with van der Waals surface area (Å²) in [5.74, 6) is 0. The standard InChI is InChI=1S/C21H29N/c1-15-13-16(2)19(17(3)14-15)22-18-9-8-11-21(7,12-10-18)20(4,5)6/h8-14,22H,1-7H3. The minimum absolute atomic E-state index is 0.0598. The van der Waals surface area contributed by atoms with E-state index in [9.17, 15) is 0 Å². The van der Waals surface area contributed by atoms with Crippen molar-refractivity contribution in [1.29, 1.82) is 0 Å². The second-order valence-electron chi connectivity index (χ2n) is 7.75. The van der Waals surface area contributed by atoms with Gasteiger partial charge < -0.3 is 5.32 Å². The van der Waals surface area contributed by atoms with Gasteiger partial charge in [-0.15, -0.1) is 0 Å². The lowest BCUT2D eigenvalue weighted by atomic mass is 9.68. The molecule has 1 nitrogen and oxygen atoms in total. The van der Waals surface area contributed by atoms with Crippen LogP contribution >= 0.6 is 0 Å². The predicted octanol–water partition coefficient (Wildman–Crippen LogP) is 6.09. The molecule has 1 aromatic carbocycles. The van der Waals surface area contributed by atoms with E-state index >= 15 is 0 Å². The summed E-state index contributed by atoms with van der Waals surface area (Å²) in [6.07, 6.45) is 11.2. The van der Waals surface area contributed by atoms with Gasteiger partial charge in [-0.25, -0.2) is 0 Å². The van der Waals surface area contributed by atoms with Gasteiger partial charge in [-0.1, -0.05) is 63.6 Å². The SMILES string of the molecule is Cc1cc(C)c(NC2=CC=CC(C)(C(C)(C)C)C=C2)c(C)c1. The van der Waals surface area contributed by atoms with Crippen molar-refractivity contribution in [2.75, 3.05) is 5.32 Å². The van der Waals surface area contributed by atoms with Gasteiger partial charge in [0.25, 0.3) is 0 Å². The molecule has 1 aliphatic rings. The third-order valence-electron chi connectivity index (χ3n) is 4.89. The Balaban J connectivity index is 2.29. The van der Waals surface area contributed by atoms with Gasteiger partial charge in [-0.3, -0.25) is 0 Å². The Morgan fingerprint density at radius 2 is 1.55 bits per heavy atom. The zero-order valence-corrected chi connectivity index (χ0v) is 15.0. The molecular weight excluding hydrogens is 266 g/mol. The number of hydrogen-bond donors (Lipinski definition) is 1. The van der Waals surface area contributed by atoms with E-state index in [0.29, 0.717) is 0 Å². The number of anilines is 1. The van der Waals surface area contributed by atoms with Crippen LogP contribution in [0.4, 0.5) is 5.69 Å². The van der Waals surface area contributed by atoms with Crippen LogP contribution in [0.15, 0.2) is 48.2 Å². The van der Waals surface area contributed by atoms with Crippen molar-refractivity contribution in [2.24, 2.45) is 10.8 Å². The number of allylic oxidation sites excluding steroid dienone is 5. The second-order valence-corrected chi connectivity index (χ2v) is 7.75. The second kappa shape index (κ2) is 5.79. The summed E-state index contributed by atoms with van der Waals surface area (Å²) in [7, 11) is 0. The minimum Gasteiger partial charge on any atom is -0.355 e. The van der Waals surface area contributed by atoms with Gasteiger partial charge in [0.15, 0.2) is 0 Å². The molecule has 0 fully saturated rings. The molecule has 0 bridgehead atoms. The highest BCUT2D eigenvalue weighted by atomic mass is 14.9. The highest BCUT2D eigenvalue weighted by Gasteiger charge is 2.32. The number of benzene rings is 1. The van der Waals surface area contributed by atoms with Crippen molar-refractivity contribution < 1.29 is 0 Å². The number of aryl methyl sites for hydroxylation is 3. The van der Waals surface area contributed by atoms with Crippen molar-refractivity contribution in [3.05, 3.63) is 64.9 Å². The summed E-state index contributed by atoms with van der Waals surface area (Å²) in [4.78, 5) is 0. The zero-order chi connectivity index (χ0) is 16.5. The molecule has 0 spiro atoms. The van der Waals surface area contributed by atoms with Crippen LogP contribution in [0, 0.1) is 31.6 Å². The molecule has 1 N–H and O–H groups in total. The first-order valence-corrected chi connectivity index (χ1v) is 8.06. The number of hydrogen-bond acceptors (Lipinski definition) is 1. The van der Waals surface area contributed by atoms with Gasteiger partial charge in [0, 0.05) is 16.8 Å². The minimum atomic E-state index is 0.0598. The Morgan fingerprint density at radius 3 is 2.09 bits per heavy atom. The third-order valence-corrected chi connectivity index (χ3v) is 4.89. The topological polar surface area (TPSA) is 12.0 Å². The van der Waals surface area contributed by atoms with Crippen LogP contribution in [0.1, 0.15) is 44.4 Å². The van der Waals surface area contributed by atoms with Crippen LogP contribution in [0.2, 0.25) is 0 Å². The first-order valence-electron chi connectivity index (χ1n) is 8.06. The van der Waals surface area contributed by atoms with Crippen LogP contribution in [0.3, 0.4) is 0 Å². The van der Waals surface area contributed by atoms with E-state index in [0.717, 1.165) is 5.70 Å². The van der Waals surface area contributed by atoms with Crippen molar-refractivity contribution >= 4 is 5.69 Å². The normalized spacial score (nSPS) is 21.5. The highest BCUT2D eigenvalue weighted by Crippen LogP contribution is 2.42. The van der Waals surface area contributed by atoms with E-state index < -0.39 is 0 Å². The molecule has 0 amide bonds. The smallest absolute Gasteiger partial charge is 0.0443 e. The summed E-state index contributed by atoms with van der Waals surface area (Å²) in [5, 5.41) is 3.60. The molecule has 1 aliphatic carbocycles. The van der Waals surface area contributed by atoms with Crippen molar-refractivity contribution in [1.82, 2.24) is 0 Å². The van der Waals surface area contributed by atoms with Crippen molar-refractivity contribution in [3.8, 4) is 0 Å². The van der Waals surface area contributed by atoms with Crippen LogP contribution in [0.25, 0.3) is 0 Å². The van der Waals surface area contributed by atoms with Crippen LogP contribution in [0.5, 0.6) is 0 Å². The Hall–Kier alpha value is -1.76. The first-order chi connectivity index (χ1) is 10.1. The average Bonchev–Trinajstić information content (AvgIpc) is 2.56. The monoisotopic (exact) mass is 295 g/mol. The fourth-order valence-electron chi connectivity index (χ4n) is 2.83. The largest absolute Gasteiger partial charge is 0.355 e. The molecule has 118 valence electrons. The third kappa shape index (κ3) is 3.35. The Labute approximate surface area is 135 Å². The van der Waals surface area contributed by atoms with E-state index in [1.165, 1.54) is 22.4 Å². The van der Waals surface area contributed by atoms with Crippen LogP contribution in [-0.2, 0) is 0 Å². The van der Waals surface area contributed by atoms with Gasteiger partial charge in [-0.2, -0.15) is 0 Å². The van der Waals surface area contributed by atoms with E-state index in [1.54, 1.807) is 0 Å². The lowest BCUT2D eigenvalue weighted by Crippen LogP contribution is -2.28. The molecule has 1 atom stereocenters. The maximum absolute atomic E-state index is 3.60. The average molecular weight is 295 g/mol. The van der Waals surface area contributed by atoms with E-state index in [-0.39, 0.29) is 10.8 Å². The summed E-state index contributed by atoms with van der Waals surface area (Å²) in [6.45, 7) is 15.6. The highest BCUT2D eigenvalue weighted by molar-refractivity contribution is 5.62. The molecule has 22 heavy (non-hydrogen) atoms.